The number of benzene rings is 1. The molecule has 2 aliphatic rings. The van der Waals surface area contributed by atoms with Gasteiger partial charge in [-0.3, -0.25) is 4.79 Å². The van der Waals surface area contributed by atoms with Crippen LogP contribution in [0.15, 0.2) is 24.3 Å². The second-order valence-corrected chi connectivity index (χ2v) is 6.41. The molecule has 1 N–H and O–H groups in total. The second-order valence-electron chi connectivity index (χ2n) is 6.41. The number of hydrogen-bond acceptors (Lipinski definition) is 1. The van der Waals surface area contributed by atoms with Crippen LogP contribution in [0.3, 0.4) is 0 Å². The van der Waals surface area contributed by atoms with Gasteiger partial charge in [0.2, 0.25) is 0 Å². The number of quaternary nitrogens is 1. The number of hydrogen-bond donors (Lipinski definition) is 1. The van der Waals surface area contributed by atoms with Crippen LogP contribution in [0.4, 0.5) is 5.69 Å². The molecule has 2 aliphatic heterocycles. The zero-order valence-electron chi connectivity index (χ0n) is 12.4. The van der Waals surface area contributed by atoms with Crippen molar-refractivity contribution in [1.82, 2.24) is 0 Å². The van der Waals surface area contributed by atoms with Crippen LogP contribution < -0.4 is 9.80 Å². The van der Waals surface area contributed by atoms with Crippen molar-refractivity contribution in [2.45, 2.75) is 32.6 Å². The topological polar surface area (TPSA) is 24.8 Å². The van der Waals surface area contributed by atoms with Gasteiger partial charge in [0.05, 0.1) is 13.1 Å². The van der Waals surface area contributed by atoms with Gasteiger partial charge >= 0.3 is 0 Å². The van der Waals surface area contributed by atoms with E-state index in [-0.39, 0.29) is 0 Å². The van der Waals surface area contributed by atoms with Crippen LogP contribution in [-0.4, -0.2) is 32.1 Å². The number of fused-ring (bicyclic) bond motifs is 1. The molecule has 1 aromatic carbocycles. The maximum Gasteiger partial charge on any atom is 0.282 e. The summed E-state index contributed by atoms with van der Waals surface area (Å²) in [7, 11) is 0. The first-order valence-electron chi connectivity index (χ1n) is 7.96. The average Bonchev–Trinajstić information content (AvgIpc) is 2.46. The third-order valence-corrected chi connectivity index (χ3v) is 4.68. The third-order valence-electron chi connectivity index (χ3n) is 4.68. The molecule has 1 fully saturated rings. The minimum atomic E-state index is 0.307. The Labute approximate surface area is 121 Å². The highest BCUT2D eigenvalue weighted by molar-refractivity contribution is 5.95. The highest BCUT2D eigenvalue weighted by atomic mass is 16.2. The summed E-state index contributed by atoms with van der Waals surface area (Å²) in [6.45, 7) is 6.17. The highest BCUT2D eigenvalue weighted by Crippen LogP contribution is 2.26. The molecule has 3 heteroatoms. The quantitative estimate of drug-likeness (QED) is 0.862. The summed E-state index contributed by atoms with van der Waals surface area (Å²) < 4.78 is 0. The van der Waals surface area contributed by atoms with E-state index in [0.29, 0.717) is 12.5 Å². The summed E-state index contributed by atoms with van der Waals surface area (Å²) in [6, 6.07) is 8.37. The summed E-state index contributed by atoms with van der Waals surface area (Å²) >= 11 is 0. The summed E-state index contributed by atoms with van der Waals surface area (Å²) in [5, 5.41) is 0. The molecule has 0 radical (unpaired) electrons. The lowest BCUT2D eigenvalue weighted by Crippen LogP contribution is -3.14. The van der Waals surface area contributed by atoms with Gasteiger partial charge in [0.15, 0.2) is 6.54 Å². The fourth-order valence-electron chi connectivity index (χ4n) is 3.66. The third kappa shape index (κ3) is 2.88. The number of nitrogens with one attached hydrogen (secondary N) is 1. The van der Waals surface area contributed by atoms with Gasteiger partial charge in [-0.15, -0.1) is 0 Å². The van der Waals surface area contributed by atoms with Gasteiger partial charge in [-0.2, -0.15) is 0 Å². The normalized spacial score (nSPS) is 26.1. The van der Waals surface area contributed by atoms with Crippen LogP contribution >= 0.6 is 0 Å². The van der Waals surface area contributed by atoms with Crippen LogP contribution in [0.1, 0.15) is 31.7 Å². The standard InChI is InChI=1S/C17H24N2O/c1-14-6-4-10-18(12-14)13-17(20)19-11-5-8-15-7-2-3-9-16(15)19/h2-3,7,9,14H,4-6,8,10-13H2,1H3/p+1/t14-/m0/s1. The van der Waals surface area contributed by atoms with Crippen LogP contribution in [0.2, 0.25) is 0 Å². The molecular formula is C17H25N2O+. The first-order chi connectivity index (χ1) is 9.74. The molecule has 2 atom stereocenters. The number of aryl methyl sites for hydroxylation is 1. The Morgan fingerprint density at radius 2 is 2.20 bits per heavy atom. The first-order valence-corrected chi connectivity index (χ1v) is 7.96. The zero-order valence-corrected chi connectivity index (χ0v) is 12.4. The molecule has 1 aromatic rings. The monoisotopic (exact) mass is 273 g/mol. The van der Waals surface area contributed by atoms with E-state index in [4.69, 9.17) is 0 Å². The van der Waals surface area contributed by atoms with E-state index in [1.165, 1.54) is 23.3 Å². The van der Waals surface area contributed by atoms with Crippen molar-refractivity contribution in [3.8, 4) is 0 Å². The maximum absolute atomic E-state index is 12.6. The Morgan fingerprint density at radius 3 is 3.05 bits per heavy atom. The van der Waals surface area contributed by atoms with E-state index in [1.807, 2.05) is 11.0 Å². The van der Waals surface area contributed by atoms with Crippen molar-refractivity contribution >= 4 is 11.6 Å². The molecule has 0 spiro atoms. The van der Waals surface area contributed by atoms with E-state index in [0.717, 1.165) is 44.1 Å². The lowest BCUT2D eigenvalue weighted by atomic mass is 10.00. The smallest absolute Gasteiger partial charge is 0.282 e. The van der Waals surface area contributed by atoms with E-state index >= 15 is 0 Å². The van der Waals surface area contributed by atoms with Crippen molar-refractivity contribution < 1.29 is 9.69 Å². The number of amides is 1. The van der Waals surface area contributed by atoms with Gasteiger partial charge in [-0.1, -0.05) is 25.1 Å². The molecule has 1 saturated heterocycles. The van der Waals surface area contributed by atoms with E-state index in [2.05, 4.69) is 25.1 Å². The van der Waals surface area contributed by atoms with E-state index < -0.39 is 0 Å². The van der Waals surface area contributed by atoms with Crippen LogP contribution in [0.5, 0.6) is 0 Å². The minimum Gasteiger partial charge on any atom is -0.327 e. The van der Waals surface area contributed by atoms with Gasteiger partial charge in [0, 0.05) is 18.2 Å². The molecule has 3 nitrogen and oxygen atoms in total. The van der Waals surface area contributed by atoms with Gasteiger partial charge in [0.25, 0.3) is 5.91 Å². The number of para-hydroxylation sites is 1. The Kier molecular flexibility index (Phi) is 4.06. The summed E-state index contributed by atoms with van der Waals surface area (Å²) in [5.74, 6) is 1.07. The molecule has 0 aliphatic carbocycles. The Hall–Kier alpha value is -1.35. The Balaban J connectivity index is 1.69. The number of nitrogens with zero attached hydrogens (tertiary/aromatic N) is 1. The molecule has 108 valence electrons. The molecule has 3 rings (SSSR count). The fraction of sp³-hybridized carbons (Fsp3) is 0.588. The van der Waals surface area contributed by atoms with Gasteiger partial charge in [-0.05, 0) is 37.3 Å². The molecule has 20 heavy (non-hydrogen) atoms. The predicted octanol–water partition coefficient (Wildman–Crippen LogP) is 1.28. The first kappa shape index (κ1) is 13.6. The van der Waals surface area contributed by atoms with Crippen molar-refractivity contribution in [3.63, 3.8) is 0 Å². The maximum atomic E-state index is 12.6. The molecule has 0 bridgehead atoms. The number of anilines is 1. The average molecular weight is 273 g/mol. The molecule has 1 unspecified atom stereocenters. The highest BCUT2D eigenvalue weighted by Gasteiger charge is 2.27. The Morgan fingerprint density at radius 1 is 1.35 bits per heavy atom. The molecule has 2 heterocycles. The van der Waals surface area contributed by atoms with Crippen molar-refractivity contribution in [3.05, 3.63) is 29.8 Å². The number of piperidine rings is 1. The van der Waals surface area contributed by atoms with Crippen LogP contribution in [0.25, 0.3) is 0 Å². The fourth-order valence-corrected chi connectivity index (χ4v) is 3.66. The number of carbonyl (C=O) groups excluding carboxylic acids is 1. The predicted molar refractivity (Wildman–Crippen MR) is 81.1 cm³/mol. The van der Waals surface area contributed by atoms with Gasteiger partial charge < -0.3 is 9.80 Å². The van der Waals surface area contributed by atoms with E-state index in [9.17, 15) is 4.79 Å². The van der Waals surface area contributed by atoms with Gasteiger partial charge in [0.1, 0.15) is 0 Å². The Bertz CT molecular complexity index is 486. The number of carbonyl (C=O) groups is 1. The summed E-state index contributed by atoms with van der Waals surface area (Å²) in [4.78, 5) is 16.1. The summed E-state index contributed by atoms with van der Waals surface area (Å²) in [5.41, 5.74) is 2.47. The lowest BCUT2D eigenvalue weighted by molar-refractivity contribution is -0.900. The summed E-state index contributed by atoms with van der Waals surface area (Å²) in [6.07, 6.45) is 4.78. The zero-order chi connectivity index (χ0) is 13.9. The van der Waals surface area contributed by atoms with Crippen molar-refractivity contribution in [2.24, 2.45) is 5.92 Å². The van der Waals surface area contributed by atoms with Gasteiger partial charge in [-0.25, -0.2) is 0 Å². The second kappa shape index (κ2) is 5.96. The van der Waals surface area contributed by atoms with Crippen LogP contribution in [0, 0.1) is 5.92 Å². The molecule has 0 saturated carbocycles. The molecule has 1 amide bonds. The minimum absolute atomic E-state index is 0.307. The lowest BCUT2D eigenvalue weighted by Gasteiger charge is -2.32. The molecule has 0 aromatic heterocycles. The molecular weight excluding hydrogens is 248 g/mol. The van der Waals surface area contributed by atoms with Crippen molar-refractivity contribution in [1.29, 1.82) is 0 Å². The largest absolute Gasteiger partial charge is 0.327 e. The van der Waals surface area contributed by atoms with Crippen LogP contribution in [-0.2, 0) is 11.2 Å². The number of likely N-dealkylation sites (tertiary alicyclic amines) is 1. The number of rotatable bonds is 2. The van der Waals surface area contributed by atoms with Crippen molar-refractivity contribution in [2.75, 3.05) is 31.1 Å². The SMILES string of the molecule is C[C@H]1CCC[NH+](CC(=O)N2CCCc3ccccc32)C1. The van der Waals surface area contributed by atoms with E-state index in [1.54, 1.807) is 0 Å².